The fraction of sp³-hybridized carbons (Fsp3) is 0.200. The summed E-state index contributed by atoms with van der Waals surface area (Å²) in [5, 5.41) is 17.0. The second kappa shape index (κ2) is 3.59. The Kier molecular flexibility index (Phi) is 2.28. The second-order valence-electron chi connectivity index (χ2n) is 3.12. The molecule has 0 aliphatic rings. The molecule has 0 spiro atoms. The van der Waals surface area contributed by atoms with Gasteiger partial charge < -0.3 is 5.11 Å². The minimum absolute atomic E-state index is 0.460. The molecule has 1 atom stereocenters. The maximum absolute atomic E-state index is 9.40. The van der Waals surface area contributed by atoms with Crippen LogP contribution in [0.1, 0.15) is 18.6 Å². The molecule has 14 heavy (non-hydrogen) atoms. The van der Waals surface area contributed by atoms with Crippen LogP contribution in [0.5, 0.6) is 0 Å². The van der Waals surface area contributed by atoms with Crippen LogP contribution < -0.4 is 0 Å². The van der Waals surface area contributed by atoms with Crippen LogP contribution in [0.3, 0.4) is 0 Å². The second-order valence-corrected chi connectivity index (χ2v) is 3.12. The van der Waals surface area contributed by atoms with Crippen molar-refractivity contribution in [3.05, 3.63) is 42.2 Å². The first kappa shape index (κ1) is 8.90. The van der Waals surface area contributed by atoms with Gasteiger partial charge in [-0.25, -0.2) is 4.68 Å². The van der Waals surface area contributed by atoms with Crippen molar-refractivity contribution in [2.24, 2.45) is 0 Å². The number of aliphatic hydroxyl groups is 1. The number of nitrogens with zero attached hydrogens (tertiary/aromatic N) is 3. The van der Waals surface area contributed by atoms with E-state index < -0.39 is 6.10 Å². The van der Waals surface area contributed by atoms with E-state index >= 15 is 0 Å². The molecule has 0 aliphatic heterocycles. The lowest BCUT2D eigenvalue weighted by Gasteiger charge is -2.06. The van der Waals surface area contributed by atoms with Crippen LogP contribution in [0, 0.1) is 0 Å². The molecule has 0 radical (unpaired) electrons. The van der Waals surface area contributed by atoms with Crippen molar-refractivity contribution in [2.75, 3.05) is 0 Å². The van der Waals surface area contributed by atoms with E-state index in [0.29, 0.717) is 0 Å². The number of hydrogen-bond acceptors (Lipinski definition) is 3. The molecule has 4 heteroatoms. The van der Waals surface area contributed by atoms with E-state index in [2.05, 4.69) is 10.3 Å². The summed E-state index contributed by atoms with van der Waals surface area (Å²) in [5.74, 6) is 0. The Balaban J connectivity index is 2.41. The third-order valence-corrected chi connectivity index (χ3v) is 2.04. The van der Waals surface area contributed by atoms with E-state index in [1.165, 1.54) is 0 Å². The molecule has 1 heterocycles. The maximum Gasteiger partial charge on any atom is 0.0762 e. The molecule has 0 fully saturated rings. The van der Waals surface area contributed by atoms with E-state index in [1.807, 2.05) is 24.3 Å². The van der Waals surface area contributed by atoms with Crippen LogP contribution in [0.15, 0.2) is 36.7 Å². The van der Waals surface area contributed by atoms with Gasteiger partial charge in [-0.2, -0.15) is 0 Å². The van der Waals surface area contributed by atoms with Crippen molar-refractivity contribution in [3.8, 4) is 5.69 Å². The molecule has 1 aromatic heterocycles. The van der Waals surface area contributed by atoms with Crippen LogP contribution in [0.2, 0.25) is 0 Å². The summed E-state index contributed by atoms with van der Waals surface area (Å²) in [7, 11) is 0. The summed E-state index contributed by atoms with van der Waals surface area (Å²) in [6.07, 6.45) is 2.93. The van der Waals surface area contributed by atoms with Crippen molar-refractivity contribution in [1.82, 2.24) is 15.0 Å². The Bertz CT molecular complexity index is 409. The zero-order valence-electron chi connectivity index (χ0n) is 7.83. The molecular formula is C10H11N3O. The number of rotatable bonds is 2. The van der Waals surface area contributed by atoms with Crippen LogP contribution >= 0.6 is 0 Å². The van der Waals surface area contributed by atoms with Gasteiger partial charge in [0.2, 0.25) is 0 Å². The van der Waals surface area contributed by atoms with Crippen molar-refractivity contribution in [2.45, 2.75) is 13.0 Å². The van der Waals surface area contributed by atoms with Gasteiger partial charge in [0, 0.05) is 0 Å². The third kappa shape index (κ3) is 1.65. The Morgan fingerprint density at radius 2 is 2.29 bits per heavy atom. The minimum Gasteiger partial charge on any atom is -0.389 e. The lowest BCUT2D eigenvalue weighted by molar-refractivity contribution is 0.199. The van der Waals surface area contributed by atoms with Crippen molar-refractivity contribution >= 4 is 0 Å². The van der Waals surface area contributed by atoms with Crippen LogP contribution in [-0.4, -0.2) is 20.1 Å². The Labute approximate surface area is 81.8 Å². The molecule has 4 nitrogen and oxygen atoms in total. The van der Waals surface area contributed by atoms with Gasteiger partial charge in [0.05, 0.1) is 24.2 Å². The predicted octanol–water partition coefficient (Wildman–Crippen LogP) is 1.32. The number of aliphatic hydroxyl groups excluding tert-OH is 1. The first-order valence-electron chi connectivity index (χ1n) is 4.42. The van der Waals surface area contributed by atoms with Crippen LogP contribution in [-0.2, 0) is 0 Å². The highest BCUT2D eigenvalue weighted by Crippen LogP contribution is 2.15. The quantitative estimate of drug-likeness (QED) is 0.775. The first-order chi connectivity index (χ1) is 6.77. The molecule has 1 aromatic carbocycles. The highest BCUT2D eigenvalue weighted by molar-refractivity contribution is 5.35. The average Bonchev–Trinajstić information content (AvgIpc) is 2.71. The Morgan fingerprint density at radius 1 is 1.43 bits per heavy atom. The largest absolute Gasteiger partial charge is 0.389 e. The summed E-state index contributed by atoms with van der Waals surface area (Å²) in [6, 6.07) is 7.57. The van der Waals surface area contributed by atoms with Gasteiger partial charge >= 0.3 is 0 Å². The number of hydrogen-bond donors (Lipinski definition) is 1. The Morgan fingerprint density at radius 3 is 2.93 bits per heavy atom. The van der Waals surface area contributed by atoms with Gasteiger partial charge in [-0.1, -0.05) is 17.3 Å². The topological polar surface area (TPSA) is 50.9 Å². The van der Waals surface area contributed by atoms with Gasteiger partial charge in [-0.3, -0.25) is 0 Å². The van der Waals surface area contributed by atoms with E-state index in [0.717, 1.165) is 11.3 Å². The highest BCUT2D eigenvalue weighted by Gasteiger charge is 2.02. The van der Waals surface area contributed by atoms with E-state index in [-0.39, 0.29) is 0 Å². The highest BCUT2D eigenvalue weighted by atomic mass is 16.3. The summed E-state index contributed by atoms with van der Waals surface area (Å²) >= 11 is 0. The van der Waals surface area contributed by atoms with Crippen LogP contribution in [0.4, 0.5) is 0 Å². The molecule has 1 unspecified atom stereocenters. The van der Waals surface area contributed by atoms with Gasteiger partial charge in [0.1, 0.15) is 0 Å². The summed E-state index contributed by atoms with van der Waals surface area (Å²) in [4.78, 5) is 0. The molecule has 2 aromatic rings. The monoisotopic (exact) mass is 189 g/mol. The molecule has 0 saturated heterocycles. The fourth-order valence-corrected chi connectivity index (χ4v) is 1.27. The summed E-state index contributed by atoms with van der Waals surface area (Å²) in [5.41, 5.74) is 1.78. The average molecular weight is 189 g/mol. The predicted molar refractivity (Wildman–Crippen MR) is 52.0 cm³/mol. The molecule has 1 N–H and O–H groups in total. The SMILES string of the molecule is CC(O)c1cccc(-n2ccnn2)c1. The molecule has 0 aliphatic carbocycles. The van der Waals surface area contributed by atoms with Gasteiger partial charge in [-0.05, 0) is 24.6 Å². The van der Waals surface area contributed by atoms with Crippen LogP contribution in [0.25, 0.3) is 5.69 Å². The summed E-state index contributed by atoms with van der Waals surface area (Å²) in [6.45, 7) is 1.74. The molecular weight excluding hydrogens is 178 g/mol. The molecule has 0 amide bonds. The third-order valence-electron chi connectivity index (χ3n) is 2.04. The minimum atomic E-state index is -0.460. The zero-order chi connectivity index (χ0) is 9.97. The molecule has 2 rings (SSSR count). The number of aromatic nitrogens is 3. The van der Waals surface area contributed by atoms with E-state index in [4.69, 9.17) is 0 Å². The lowest BCUT2D eigenvalue weighted by Crippen LogP contribution is -1.97. The lowest BCUT2D eigenvalue weighted by atomic mass is 10.1. The normalized spacial score (nSPS) is 12.7. The smallest absolute Gasteiger partial charge is 0.0762 e. The van der Waals surface area contributed by atoms with Crippen molar-refractivity contribution in [1.29, 1.82) is 0 Å². The molecule has 72 valence electrons. The molecule has 0 bridgehead atoms. The van der Waals surface area contributed by atoms with E-state index in [1.54, 1.807) is 24.0 Å². The van der Waals surface area contributed by atoms with Crippen molar-refractivity contribution in [3.63, 3.8) is 0 Å². The number of benzene rings is 1. The van der Waals surface area contributed by atoms with E-state index in [9.17, 15) is 5.11 Å². The molecule has 0 saturated carbocycles. The Hall–Kier alpha value is -1.68. The van der Waals surface area contributed by atoms with Gasteiger partial charge in [0.15, 0.2) is 0 Å². The maximum atomic E-state index is 9.40. The first-order valence-corrected chi connectivity index (χ1v) is 4.42. The standard InChI is InChI=1S/C10H11N3O/c1-8(14)9-3-2-4-10(7-9)13-6-5-11-12-13/h2-8,14H,1H3. The van der Waals surface area contributed by atoms with Gasteiger partial charge in [0.25, 0.3) is 0 Å². The van der Waals surface area contributed by atoms with Gasteiger partial charge in [-0.15, -0.1) is 5.10 Å². The summed E-state index contributed by atoms with van der Waals surface area (Å²) < 4.78 is 1.66. The van der Waals surface area contributed by atoms with Crippen molar-refractivity contribution < 1.29 is 5.11 Å². The zero-order valence-corrected chi connectivity index (χ0v) is 7.83. The fourth-order valence-electron chi connectivity index (χ4n) is 1.27.